The van der Waals surface area contributed by atoms with Gasteiger partial charge in [0.2, 0.25) is 0 Å². The fourth-order valence-corrected chi connectivity index (χ4v) is 0.834. The quantitative estimate of drug-likeness (QED) is 0.634. The Labute approximate surface area is 91.2 Å². The molecule has 0 saturated heterocycles. The second kappa shape index (κ2) is 5.47. The minimum absolute atomic E-state index is 0.218. The first-order chi connectivity index (χ1) is 6.29. The van der Waals surface area contributed by atoms with Crippen LogP contribution in [0.3, 0.4) is 0 Å². The molecule has 0 aromatic heterocycles. The summed E-state index contributed by atoms with van der Waals surface area (Å²) < 4.78 is 0. The monoisotopic (exact) mass is 400 g/mol. The third-order valence-electron chi connectivity index (χ3n) is 1.33. The first-order valence-electron chi connectivity index (χ1n) is 3.07. The van der Waals surface area contributed by atoms with Crippen LogP contribution in [0.25, 0.3) is 0 Å². The number of amidine groups is 2. The second-order valence-electron chi connectivity index (χ2n) is 2.00. The number of fused-ring (bicyclic) bond motifs is 1. The van der Waals surface area contributed by atoms with E-state index in [-0.39, 0.29) is 6.04 Å². The van der Waals surface area contributed by atoms with Crippen LogP contribution in [0.2, 0.25) is 0 Å². The van der Waals surface area contributed by atoms with E-state index in [4.69, 9.17) is 24.6 Å². The molecule has 0 spiro atoms. The van der Waals surface area contributed by atoms with Crippen LogP contribution in [0.15, 0.2) is 20.0 Å². The Morgan fingerprint density at radius 3 is 2.62 bits per heavy atom. The van der Waals surface area contributed by atoms with Gasteiger partial charge < -0.3 is 5.73 Å². The fraction of sp³-hybridized carbons (Fsp3) is 0.200. The zero-order valence-corrected chi connectivity index (χ0v) is 9.95. The Bertz CT molecular complexity index is 297. The van der Waals surface area contributed by atoms with Crippen LogP contribution in [0.5, 0.6) is 0 Å². The molecule has 0 saturated carbocycles. The van der Waals surface area contributed by atoms with Crippen molar-refractivity contribution in [2.75, 3.05) is 0 Å². The number of hydrogen-bond donors (Lipinski definition) is 1. The van der Waals surface area contributed by atoms with Gasteiger partial charge in [0.05, 0.1) is 0 Å². The Morgan fingerprint density at radius 1 is 1.31 bits per heavy atom. The number of hydrogen-bond acceptors (Lipinski definition) is 5. The van der Waals surface area contributed by atoms with Crippen molar-refractivity contribution in [1.29, 1.82) is 0 Å². The van der Waals surface area contributed by atoms with E-state index in [9.17, 15) is 0 Å². The van der Waals surface area contributed by atoms with E-state index in [0.717, 1.165) is 0 Å². The van der Waals surface area contributed by atoms with Gasteiger partial charge in [0, 0.05) is 0 Å². The molecule has 0 aromatic rings. The molecule has 0 fully saturated rings. The van der Waals surface area contributed by atoms with Crippen LogP contribution in [-0.2, 0) is 16.5 Å². The summed E-state index contributed by atoms with van der Waals surface area (Å²) in [6.45, 7) is 0. The summed E-state index contributed by atoms with van der Waals surface area (Å²) in [5, 5.41) is 0. The molecule has 0 amide bonds. The molecule has 5 nitrogen and oxygen atoms in total. The molecule has 0 aliphatic carbocycles. The van der Waals surface area contributed by atoms with Crippen molar-refractivity contribution in [3.63, 3.8) is 0 Å². The van der Waals surface area contributed by atoms with Gasteiger partial charge in [0.15, 0.2) is 11.9 Å². The van der Waals surface area contributed by atoms with Crippen LogP contribution < -0.4 is 5.73 Å². The van der Waals surface area contributed by atoms with Crippen LogP contribution in [-0.4, -0.2) is 30.4 Å². The fourth-order valence-electron chi connectivity index (χ4n) is 0.834. The van der Waals surface area contributed by atoms with Crippen molar-refractivity contribution < 1.29 is 16.5 Å². The minimum atomic E-state index is -0.472. The van der Waals surface area contributed by atoms with E-state index in [2.05, 4.69) is 20.0 Å². The molecule has 13 heavy (non-hydrogen) atoms. The van der Waals surface area contributed by atoms with E-state index in [1.807, 2.05) is 0 Å². The van der Waals surface area contributed by atoms with Crippen LogP contribution in [0.4, 0.5) is 0 Å². The van der Waals surface area contributed by atoms with Gasteiger partial charge >= 0.3 is 35.3 Å². The molecule has 1 unspecified atom stereocenters. The van der Waals surface area contributed by atoms with E-state index in [0.29, 0.717) is 11.7 Å². The molecule has 2 rings (SSSR count). The summed E-state index contributed by atoms with van der Waals surface area (Å²) in [5.41, 5.74) is 5.48. The molecule has 2 aliphatic heterocycles. The number of aliphatic imine (C=N–C) groups is 4. The topological polar surface area (TPSA) is 75.5 Å². The van der Waals surface area contributed by atoms with Crippen molar-refractivity contribution in [1.82, 2.24) is 0 Å². The predicted octanol–water partition coefficient (Wildman–Crippen LogP) is 0.571. The molecule has 8 heteroatoms. The zero-order chi connectivity index (χ0) is 9.68. The second-order valence-corrected chi connectivity index (χ2v) is 5.28. The van der Waals surface area contributed by atoms with Gasteiger partial charge in [0.25, 0.3) is 0 Å². The van der Waals surface area contributed by atoms with Gasteiger partial charge in [-0.05, 0) is 0 Å². The van der Waals surface area contributed by atoms with Gasteiger partial charge in [-0.3, -0.25) is 4.99 Å². The normalized spacial score (nSPS) is 23.1. The molecule has 0 radical (unpaired) electrons. The summed E-state index contributed by atoms with van der Waals surface area (Å²) in [5.74, 6) is 1.09. The summed E-state index contributed by atoms with van der Waals surface area (Å²) >= 11 is -0.472. The van der Waals surface area contributed by atoms with Crippen molar-refractivity contribution in [2.24, 2.45) is 25.7 Å². The molecule has 2 aliphatic rings. The summed E-state index contributed by atoms with van der Waals surface area (Å²) in [4.78, 5) is 15.5. The van der Waals surface area contributed by atoms with Crippen molar-refractivity contribution >= 4 is 43.2 Å². The molecule has 2 N–H and O–H groups in total. The molecule has 0 aromatic carbocycles. The van der Waals surface area contributed by atoms with Crippen LogP contribution >= 0.6 is 18.8 Å². The third kappa shape index (κ3) is 2.86. The summed E-state index contributed by atoms with van der Waals surface area (Å²) in [7, 11) is 9.75. The van der Waals surface area contributed by atoms with E-state index >= 15 is 0 Å². The molecule has 74 valence electrons. The van der Waals surface area contributed by atoms with Crippen LogP contribution in [0.1, 0.15) is 0 Å². The summed E-state index contributed by atoms with van der Waals surface area (Å²) in [6, 6.07) is -0.218. The first-order valence-corrected chi connectivity index (χ1v) is 8.70. The van der Waals surface area contributed by atoms with E-state index < -0.39 is 16.5 Å². The van der Waals surface area contributed by atoms with Gasteiger partial charge in [0.1, 0.15) is 18.5 Å². The number of halogens is 2. The summed E-state index contributed by atoms with van der Waals surface area (Å²) in [6.07, 6.45) is 2.84. The molecule has 2 heterocycles. The maximum atomic E-state index is 5.48. The number of nitrogens with two attached hydrogens (primary N) is 1. The average Bonchev–Trinajstić information content (AvgIpc) is 2.54. The van der Waals surface area contributed by atoms with Crippen molar-refractivity contribution in [3.8, 4) is 0 Å². The number of nitrogens with zero attached hydrogens (tertiary/aromatic N) is 4. The van der Waals surface area contributed by atoms with Gasteiger partial charge in [-0.25, -0.2) is 15.0 Å². The van der Waals surface area contributed by atoms with Crippen molar-refractivity contribution in [2.45, 2.75) is 6.04 Å². The van der Waals surface area contributed by atoms with E-state index in [1.54, 1.807) is 0 Å². The van der Waals surface area contributed by atoms with Crippen molar-refractivity contribution in [3.05, 3.63) is 0 Å². The van der Waals surface area contributed by atoms with Gasteiger partial charge in [-0.1, -0.05) is 0 Å². The zero-order valence-electron chi connectivity index (χ0n) is 6.17. The Morgan fingerprint density at radius 2 is 2.00 bits per heavy atom. The van der Waals surface area contributed by atoms with Crippen LogP contribution in [0, 0.1) is 0 Å². The van der Waals surface area contributed by atoms with E-state index in [1.165, 1.54) is 12.7 Å². The molecule has 0 bridgehead atoms. The maximum absolute atomic E-state index is 5.48. The Kier molecular flexibility index (Phi) is 4.56. The predicted molar refractivity (Wildman–Crippen MR) is 51.5 cm³/mol. The molecular weight excluding hydrogens is 396 g/mol. The first kappa shape index (κ1) is 10.8. The molecular formula is C5H5Cl2N5Pt. The standard InChI is InChI=1S/C5H5N5.2ClH.Pt/c6-4-3-5(9-1-7-3)10-2-8-4;;;/h1-3H,(H2,6,7,8,9,10);2*1H;/q;;;+2/p-2. The van der Waals surface area contributed by atoms with Gasteiger partial charge in [-0.2, -0.15) is 0 Å². The molecule has 1 atom stereocenters. The van der Waals surface area contributed by atoms with Gasteiger partial charge in [-0.15, -0.1) is 0 Å². The Hall–Kier alpha value is -0.252. The number of rotatable bonds is 0. The Balaban J connectivity index is 0.000000251. The third-order valence-corrected chi connectivity index (χ3v) is 1.33. The SMILES string of the molecule is NC1=NC=NC2=NC=NC12.[Cl][Pt][Cl]. The average molecular weight is 401 g/mol.